The van der Waals surface area contributed by atoms with Crippen LogP contribution < -0.4 is 5.32 Å². The van der Waals surface area contributed by atoms with E-state index in [4.69, 9.17) is 0 Å². The molecule has 1 N–H and O–H groups in total. The fourth-order valence-electron chi connectivity index (χ4n) is 1.68. The summed E-state index contributed by atoms with van der Waals surface area (Å²) in [5.41, 5.74) is 2.99. The molecule has 0 saturated carbocycles. The lowest BCUT2D eigenvalue weighted by Gasteiger charge is -2.07. The van der Waals surface area contributed by atoms with Gasteiger partial charge in [-0.2, -0.15) is 0 Å². The monoisotopic (exact) mass is 429 g/mol. The Hall–Kier alpha value is -0.880. The molecular formula is C15H13BrINO. The summed E-state index contributed by atoms with van der Waals surface area (Å²) in [5.74, 6) is -0.0557. The number of carbonyl (C=O) groups is 1. The van der Waals surface area contributed by atoms with Crippen LogP contribution in [0.2, 0.25) is 0 Å². The summed E-state index contributed by atoms with van der Waals surface area (Å²) in [5, 5.41) is 2.93. The van der Waals surface area contributed by atoms with Crippen molar-refractivity contribution in [3.05, 3.63) is 67.2 Å². The Labute approximate surface area is 134 Å². The van der Waals surface area contributed by atoms with Crippen LogP contribution in [0.4, 0.5) is 0 Å². The molecule has 0 aliphatic heterocycles. The molecule has 0 spiro atoms. The van der Waals surface area contributed by atoms with Crippen molar-refractivity contribution in [2.75, 3.05) is 0 Å². The third-order valence-corrected chi connectivity index (χ3v) is 3.78. The molecule has 2 aromatic carbocycles. The number of hydrogen-bond donors (Lipinski definition) is 1. The zero-order chi connectivity index (χ0) is 13.8. The fourth-order valence-corrected chi connectivity index (χ4v) is 3.27. The van der Waals surface area contributed by atoms with Crippen molar-refractivity contribution in [3.63, 3.8) is 0 Å². The van der Waals surface area contributed by atoms with Gasteiger partial charge in [0, 0.05) is 20.2 Å². The zero-order valence-electron chi connectivity index (χ0n) is 10.4. The van der Waals surface area contributed by atoms with Gasteiger partial charge in [0.15, 0.2) is 0 Å². The number of rotatable bonds is 3. The second-order valence-electron chi connectivity index (χ2n) is 4.33. The van der Waals surface area contributed by atoms with Gasteiger partial charge in [0.25, 0.3) is 5.91 Å². The number of halogens is 2. The molecule has 0 aromatic heterocycles. The van der Waals surface area contributed by atoms with Crippen LogP contribution in [0.5, 0.6) is 0 Å². The standard InChI is InChI=1S/C15H13BrINO/c1-10-2-4-11(5-3-10)9-18-15(19)12-6-13(16)8-14(17)7-12/h2-8H,9H2,1H3,(H,18,19). The van der Waals surface area contributed by atoms with Gasteiger partial charge in [0.05, 0.1) is 0 Å². The minimum Gasteiger partial charge on any atom is -0.348 e. The maximum Gasteiger partial charge on any atom is 0.251 e. The summed E-state index contributed by atoms with van der Waals surface area (Å²) in [7, 11) is 0. The first kappa shape index (κ1) is 14.5. The highest BCUT2D eigenvalue weighted by Crippen LogP contribution is 2.17. The van der Waals surface area contributed by atoms with E-state index in [2.05, 4.69) is 43.8 Å². The summed E-state index contributed by atoms with van der Waals surface area (Å²) >= 11 is 5.60. The molecule has 0 radical (unpaired) electrons. The van der Waals surface area contributed by atoms with Gasteiger partial charge in [-0.05, 0) is 53.3 Å². The molecular weight excluding hydrogens is 417 g/mol. The van der Waals surface area contributed by atoms with Crippen molar-refractivity contribution in [2.45, 2.75) is 13.5 Å². The first-order chi connectivity index (χ1) is 9.04. The molecule has 0 aliphatic rings. The highest BCUT2D eigenvalue weighted by Gasteiger charge is 2.07. The highest BCUT2D eigenvalue weighted by molar-refractivity contribution is 14.1. The third kappa shape index (κ3) is 4.31. The number of carbonyl (C=O) groups excluding carboxylic acids is 1. The topological polar surface area (TPSA) is 29.1 Å². The van der Waals surface area contributed by atoms with Crippen molar-refractivity contribution in [1.29, 1.82) is 0 Å². The summed E-state index contributed by atoms with van der Waals surface area (Å²) in [6, 6.07) is 13.8. The molecule has 0 fully saturated rings. The van der Waals surface area contributed by atoms with E-state index < -0.39 is 0 Å². The maximum absolute atomic E-state index is 12.1. The van der Waals surface area contributed by atoms with E-state index in [9.17, 15) is 4.79 Å². The number of hydrogen-bond acceptors (Lipinski definition) is 1. The van der Waals surface area contributed by atoms with Gasteiger partial charge in [-0.3, -0.25) is 4.79 Å². The Kier molecular flexibility index (Phi) is 4.99. The van der Waals surface area contributed by atoms with Gasteiger partial charge in [0.2, 0.25) is 0 Å². The Bertz CT molecular complexity index is 575. The van der Waals surface area contributed by atoms with Crippen molar-refractivity contribution in [1.82, 2.24) is 5.32 Å². The fraction of sp³-hybridized carbons (Fsp3) is 0.133. The minimum absolute atomic E-state index is 0.0557. The molecule has 0 saturated heterocycles. The molecule has 0 unspecified atom stereocenters. The van der Waals surface area contributed by atoms with Gasteiger partial charge in [-0.1, -0.05) is 45.8 Å². The number of amides is 1. The van der Waals surface area contributed by atoms with E-state index in [0.29, 0.717) is 12.1 Å². The van der Waals surface area contributed by atoms with Gasteiger partial charge in [-0.15, -0.1) is 0 Å². The van der Waals surface area contributed by atoms with Crippen LogP contribution in [0.15, 0.2) is 46.9 Å². The minimum atomic E-state index is -0.0557. The molecule has 2 rings (SSSR count). The summed E-state index contributed by atoms with van der Waals surface area (Å²) < 4.78 is 1.95. The smallest absolute Gasteiger partial charge is 0.251 e. The third-order valence-electron chi connectivity index (χ3n) is 2.70. The quantitative estimate of drug-likeness (QED) is 0.724. The van der Waals surface area contributed by atoms with Crippen molar-refractivity contribution in [3.8, 4) is 0 Å². The molecule has 0 bridgehead atoms. The normalized spacial score (nSPS) is 10.3. The van der Waals surface area contributed by atoms with E-state index in [1.165, 1.54) is 5.56 Å². The predicted octanol–water partition coefficient (Wildman–Crippen LogP) is 4.29. The van der Waals surface area contributed by atoms with E-state index >= 15 is 0 Å². The first-order valence-electron chi connectivity index (χ1n) is 5.84. The average molecular weight is 430 g/mol. The van der Waals surface area contributed by atoms with E-state index in [1.54, 1.807) is 0 Å². The lowest BCUT2D eigenvalue weighted by molar-refractivity contribution is 0.0951. The predicted molar refractivity (Wildman–Crippen MR) is 89.2 cm³/mol. The maximum atomic E-state index is 12.1. The van der Waals surface area contributed by atoms with E-state index in [-0.39, 0.29) is 5.91 Å². The van der Waals surface area contributed by atoms with Crippen LogP contribution in [-0.4, -0.2) is 5.91 Å². The highest BCUT2D eigenvalue weighted by atomic mass is 127. The molecule has 0 heterocycles. The number of nitrogens with one attached hydrogen (secondary N) is 1. The van der Waals surface area contributed by atoms with Crippen LogP contribution in [0.1, 0.15) is 21.5 Å². The molecule has 1 amide bonds. The molecule has 19 heavy (non-hydrogen) atoms. The molecule has 2 nitrogen and oxygen atoms in total. The van der Waals surface area contributed by atoms with Gasteiger partial charge >= 0.3 is 0 Å². The Morgan fingerprint density at radius 3 is 2.53 bits per heavy atom. The number of benzene rings is 2. The molecule has 98 valence electrons. The van der Waals surface area contributed by atoms with Gasteiger partial charge < -0.3 is 5.32 Å². The van der Waals surface area contributed by atoms with E-state index in [1.807, 2.05) is 49.4 Å². The summed E-state index contributed by atoms with van der Waals surface area (Å²) in [6.45, 7) is 2.59. The van der Waals surface area contributed by atoms with Crippen LogP contribution in [0, 0.1) is 10.5 Å². The Balaban J connectivity index is 2.03. The summed E-state index contributed by atoms with van der Waals surface area (Å²) in [6.07, 6.45) is 0. The van der Waals surface area contributed by atoms with Crippen LogP contribution >= 0.6 is 38.5 Å². The lowest BCUT2D eigenvalue weighted by atomic mass is 10.1. The second kappa shape index (κ2) is 6.52. The van der Waals surface area contributed by atoms with Gasteiger partial charge in [0.1, 0.15) is 0 Å². The lowest BCUT2D eigenvalue weighted by Crippen LogP contribution is -2.22. The first-order valence-corrected chi connectivity index (χ1v) is 7.71. The SMILES string of the molecule is Cc1ccc(CNC(=O)c2cc(Br)cc(I)c2)cc1. The largest absolute Gasteiger partial charge is 0.348 e. The van der Waals surface area contributed by atoms with Crippen LogP contribution in [-0.2, 0) is 6.54 Å². The van der Waals surface area contributed by atoms with Crippen molar-refractivity contribution < 1.29 is 4.79 Å². The Morgan fingerprint density at radius 2 is 1.89 bits per heavy atom. The molecule has 0 atom stereocenters. The average Bonchev–Trinajstić information content (AvgIpc) is 2.36. The van der Waals surface area contributed by atoms with Crippen molar-refractivity contribution >= 4 is 44.4 Å². The van der Waals surface area contributed by atoms with Crippen LogP contribution in [0.25, 0.3) is 0 Å². The molecule has 4 heteroatoms. The second-order valence-corrected chi connectivity index (χ2v) is 6.49. The zero-order valence-corrected chi connectivity index (χ0v) is 14.2. The van der Waals surface area contributed by atoms with Crippen LogP contribution in [0.3, 0.4) is 0 Å². The Morgan fingerprint density at radius 1 is 1.21 bits per heavy atom. The molecule has 0 aliphatic carbocycles. The van der Waals surface area contributed by atoms with E-state index in [0.717, 1.165) is 13.6 Å². The van der Waals surface area contributed by atoms with Gasteiger partial charge in [-0.25, -0.2) is 0 Å². The molecule has 2 aromatic rings. The number of aryl methyl sites for hydroxylation is 1. The van der Waals surface area contributed by atoms with Crippen molar-refractivity contribution in [2.24, 2.45) is 0 Å². The summed E-state index contributed by atoms with van der Waals surface area (Å²) in [4.78, 5) is 12.1.